The van der Waals surface area contributed by atoms with Crippen LogP contribution in [0.1, 0.15) is 32.3 Å². The lowest BCUT2D eigenvalue weighted by Crippen LogP contribution is -2.59. The van der Waals surface area contributed by atoms with Crippen LogP contribution in [0.25, 0.3) is 10.9 Å². The second-order valence-electron chi connectivity index (χ2n) is 8.98. The fourth-order valence-electron chi connectivity index (χ4n) is 3.68. The Morgan fingerprint density at radius 3 is 2.19 bits per heavy atom. The number of aliphatic carboxylic acids is 2. The molecule has 0 fully saturated rings. The van der Waals surface area contributed by atoms with Crippen LogP contribution in [-0.4, -0.2) is 80.7 Å². The molecule has 0 aliphatic carbocycles. The van der Waals surface area contributed by atoms with Gasteiger partial charge in [0.25, 0.3) is 0 Å². The van der Waals surface area contributed by atoms with E-state index in [1.54, 1.807) is 20.0 Å². The minimum Gasteiger partial charge on any atom is -0.481 e. The van der Waals surface area contributed by atoms with Gasteiger partial charge in [-0.25, -0.2) is 4.79 Å². The lowest BCUT2D eigenvalue weighted by Gasteiger charge is -2.26. The van der Waals surface area contributed by atoms with Crippen molar-refractivity contribution < 1.29 is 39.3 Å². The molecule has 2 aromatic rings. The number of carbonyl (C=O) groups excluding carboxylic acids is 3. The van der Waals surface area contributed by atoms with E-state index in [0.717, 1.165) is 16.5 Å². The van der Waals surface area contributed by atoms with Crippen LogP contribution in [0.5, 0.6) is 0 Å². The predicted molar refractivity (Wildman–Crippen MR) is 132 cm³/mol. The number of fused-ring (bicyclic) bond motifs is 1. The molecule has 4 unspecified atom stereocenters. The maximum atomic E-state index is 12.8. The number of nitrogens with two attached hydrogens (primary N) is 1. The summed E-state index contributed by atoms with van der Waals surface area (Å²) >= 11 is 0. The van der Waals surface area contributed by atoms with Crippen molar-refractivity contribution in [3.05, 3.63) is 36.0 Å². The Morgan fingerprint density at radius 2 is 1.59 bits per heavy atom. The number of hydrogen-bond donors (Lipinski definition) is 8. The van der Waals surface area contributed by atoms with Crippen LogP contribution in [0.2, 0.25) is 0 Å². The monoisotopic (exact) mass is 519 g/mol. The highest BCUT2D eigenvalue weighted by Gasteiger charge is 2.32. The Balaban J connectivity index is 2.01. The summed E-state index contributed by atoms with van der Waals surface area (Å²) in [5, 5.41) is 35.7. The zero-order chi connectivity index (χ0) is 27.7. The van der Waals surface area contributed by atoms with Crippen LogP contribution in [0.4, 0.5) is 0 Å². The molecule has 202 valence electrons. The topological polar surface area (TPSA) is 224 Å². The van der Waals surface area contributed by atoms with Gasteiger partial charge in [0.05, 0.1) is 12.6 Å². The predicted octanol–water partition coefficient (Wildman–Crippen LogP) is -0.910. The first kappa shape index (κ1) is 29.3. The van der Waals surface area contributed by atoms with Crippen molar-refractivity contribution in [3.8, 4) is 0 Å². The van der Waals surface area contributed by atoms with E-state index in [9.17, 15) is 34.2 Å². The first-order chi connectivity index (χ1) is 17.4. The van der Waals surface area contributed by atoms with E-state index < -0.39 is 72.8 Å². The summed E-state index contributed by atoms with van der Waals surface area (Å²) < 4.78 is 0. The van der Waals surface area contributed by atoms with Gasteiger partial charge < -0.3 is 42.0 Å². The number of benzene rings is 1. The van der Waals surface area contributed by atoms with Crippen LogP contribution < -0.4 is 21.7 Å². The van der Waals surface area contributed by atoms with Gasteiger partial charge in [-0.1, -0.05) is 32.0 Å². The number of para-hydroxylation sites is 1. The molecule has 1 heterocycles. The van der Waals surface area contributed by atoms with Crippen LogP contribution >= 0.6 is 0 Å². The van der Waals surface area contributed by atoms with Crippen LogP contribution in [0, 0.1) is 5.92 Å². The van der Waals surface area contributed by atoms with Gasteiger partial charge in [0.1, 0.15) is 18.1 Å². The van der Waals surface area contributed by atoms with Crippen molar-refractivity contribution >= 4 is 40.6 Å². The number of rotatable bonds is 14. The number of aliphatic hydroxyl groups is 1. The van der Waals surface area contributed by atoms with E-state index in [4.69, 9.17) is 10.8 Å². The quantitative estimate of drug-likeness (QED) is 0.154. The molecule has 0 aliphatic rings. The van der Waals surface area contributed by atoms with Crippen molar-refractivity contribution in [2.75, 3.05) is 6.61 Å². The standard InChI is InChI=1S/C24H33N5O8/c1-12(2)20(23(35)27-17(24(36)37)7-8-19(31)32)29-22(34)18(11-30)28-21(33)15(25)9-13-10-26-16-6-4-3-5-14(13)16/h3-6,10,12,15,17-18,20,26,30H,7-9,11,25H2,1-2H3,(H,27,35)(H,28,33)(H,29,34)(H,31,32)(H,36,37). The van der Waals surface area contributed by atoms with Gasteiger partial charge in [0, 0.05) is 23.5 Å². The molecule has 0 saturated carbocycles. The zero-order valence-corrected chi connectivity index (χ0v) is 20.6. The molecule has 13 nitrogen and oxygen atoms in total. The smallest absolute Gasteiger partial charge is 0.326 e. The molecule has 13 heteroatoms. The van der Waals surface area contributed by atoms with E-state index in [-0.39, 0.29) is 12.8 Å². The number of carboxylic acids is 2. The molecule has 3 amide bonds. The van der Waals surface area contributed by atoms with Gasteiger partial charge in [0.15, 0.2) is 0 Å². The summed E-state index contributed by atoms with van der Waals surface area (Å²) in [6, 6.07) is 2.33. The number of carbonyl (C=O) groups is 5. The molecule has 0 bridgehead atoms. The van der Waals surface area contributed by atoms with Crippen molar-refractivity contribution in [1.82, 2.24) is 20.9 Å². The van der Waals surface area contributed by atoms with E-state index >= 15 is 0 Å². The minimum atomic E-state index is -1.47. The van der Waals surface area contributed by atoms with Crippen molar-refractivity contribution in [3.63, 3.8) is 0 Å². The summed E-state index contributed by atoms with van der Waals surface area (Å²) in [5.74, 6) is -5.56. The average Bonchev–Trinajstić information content (AvgIpc) is 3.25. The van der Waals surface area contributed by atoms with Gasteiger partial charge in [-0.2, -0.15) is 0 Å². The van der Waals surface area contributed by atoms with Crippen LogP contribution in [0.3, 0.4) is 0 Å². The molecule has 0 radical (unpaired) electrons. The molecule has 1 aromatic heterocycles. The zero-order valence-electron chi connectivity index (χ0n) is 20.6. The van der Waals surface area contributed by atoms with E-state index in [1.807, 2.05) is 24.3 Å². The lowest BCUT2D eigenvalue weighted by molar-refractivity contribution is -0.143. The van der Waals surface area contributed by atoms with Gasteiger partial charge in [-0.05, 0) is 30.4 Å². The third kappa shape index (κ3) is 8.29. The van der Waals surface area contributed by atoms with E-state index in [1.165, 1.54) is 0 Å². The molecule has 37 heavy (non-hydrogen) atoms. The van der Waals surface area contributed by atoms with Crippen LogP contribution in [0.15, 0.2) is 30.5 Å². The number of amides is 3. The summed E-state index contributed by atoms with van der Waals surface area (Å²) in [5.41, 5.74) is 7.71. The Kier molecular flexibility index (Phi) is 10.6. The highest BCUT2D eigenvalue weighted by molar-refractivity contribution is 5.94. The Labute approximate surface area is 212 Å². The number of aromatic nitrogens is 1. The molecular weight excluding hydrogens is 486 g/mol. The largest absolute Gasteiger partial charge is 0.481 e. The Morgan fingerprint density at radius 1 is 0.946 bits per heavy atom. The molecule has 0 spiro atoms. The fraction of sp³-hybridized carbons (Fsp3) is 0.458. The third-order valence-corrected chi connectivity index (χ3v) is 5.78. The fourth-order valence-corrected chi connectivity index (χ4v) is 3.68. The molecule has 9 N–H and O–H groups in total. The van der Waals surface area contributed by atoms with Gasteiger partial charge in [-0.15, -0.1) is 0 Å². The van der Waals surface area contributed by atoms with Gasteiger partial charge in [0.2, 0.25) is 17.7 Å². The summed E-state index contributed by atoms with van der Waals surface area (Å²) in [7, 11) is 0. The highest BCUT2D eigenvalue weighted by atomic mass is 16.4. The number of H-pyrrole nitrogens is 1. The van der Waals surface area contributed by atoms with Crippen molar-refractivity contribution in [2.45, 2.75) is 57.3 Å². The maximum Gasteiger partial charge on any atom is 0.326 e. The molecule has 1 aromatic carbocycles. The minimum absolute atomic E-state index is 0.166. The van der Waals surface area contributed by atoms with Crippen molar-refractivity contribution in [1.29, 1.82) is 0 Å². The number of aromatic amines is 1. The third-order valence-electron chi connectivity index (χ3n) is 5.78. The molecule has 0 saturated heterocycles. The maximum absolute atomic E-state index is 12.8. The summed E-state index contributed by atoms with van der Waals surface area (Å²) in [6.45, 7) is 2.42. The molecule has 0 aliphatic heterocycles. The summed E-state index contributed by atoms with van der Waals surface area (Å²) in [6.07, 6.45) is 1.08. The Bertz CT molecular complexity index is 1130. The number of hydrogen-bond acceptors (Lipinski definition) is 7. The second-order valence-corrected chi connectivity index (χ2v) is 8.98. The molecular formula is C24H33N5O8. The Hall–Kier alpha value is -3.97. The molecule has 4 atom stereocenters. The normalized spacial score (nSPS) is 14.4. The first-order valence-corrected chi connectivity index (χ1v) is 11.7. The number of nitrogens with one attached hydrogen (secondary N) is 4. The van der Waals surface area contributed by atoms with Gasteiger partial charge >= 0.3 is 11.9 Å². The molecule has 2 rings (SSSR count). The SMILES string of the molecule is CC(C)C(NC(=O)C(CO)NC(=O)C(N)Cc1c[nH]c2ccccc12)C(=O)NC(CCC(=O)O)C(=O)O. The second kappa shape index (κ2) is 13.4. The van der Waals surface area contributed by atoms with E-state index in [2.05, 4.69) is 20.9 Å². The lowest BCUT2D eigenvalue weighted by atomic mass is 10.0. The first-order valence-electron chi connectivity index (χ1n) is 11.7. The average molecular weight is 520 g/mol. The van der Waals surface area contributed by atoms with Crippen molar-refractivity contribution in [2.24, 2.45) is 11.7 Å². The van der Waals surface area contributed by atoms with E-state index in [0.29, 0.717) is 0 Å². The number of carboxylic acid groups (broad SMARTS) is 2. The van der Waals surface area contributed by atoms with Gasteiger partial charge in [-0.3, -0.25) is 19.2 Å². The summed E-state index contributed by atoms with van der Waals surface area (Å²) in [4.78, 5) is 63.4. The highest BCUT2D eigenvalue weighted by Crippen LogP contribution is 2.18. The van der Waals surface area contributed by atoms with Crippen LogP contribution in [-0.2, 0) is 30.4 Å². The number of aliphatic hydroxyl groups excluding tert-OH is 1.